The van der Waals surface area contributed by atoms with Crippen molar-refractivity contribution in [3.8, 4) is 0 Å². The molecule has 0 saturated heterocycles. The van der Waals surface area contributed by atoms with Crippen LogP contribution in [0.3, 0.4) is 0 Å². The Labute approximate surface area is 124 Å². The van der Waals surface area contributed by atoms with E-state index in [-0.39, 0.29) is 5.91 Å². The molecule has 0 atom stereocenters. The van der Waals surface area contributed by atoms with Gasteiger partial charge in [0.15, 0.2) is 0 Å². The molecule has 98 valence electrons. The molecule has 0 unspecified atom stereocenters. The van der Waals surface area contributed by atoms with Crippen LogP contribution in [0.1, 0.15) is 15.9 Å². The third-order valence-corrected chi connectivity index (χ3v) is 4.22. The molecule has 0 aliphatic carbocycles. The average molecular weight is 340 g/mol. The molecule has 1 amide bonds. The van der Waals surface area contributed by atoms with Crippen LogP contribution < -0.4 is 11.1 Å². The number of halogens is 2. The summed E-state index contributed by atoms with van der Waals surface area (Å²) < 4.78 is 0.659. The number of nitrogens with two attached hydrogens (primary N) is 1. The molecule has 0 heterocycles. The van der Waals surface area contributed by atoms with Gasteiger partial charge in [0.2, 0.25) is 0 Å². The third-order valence-electron chi connectivity index (χ3n) is 2.82. The van der Waals surface area contributed by atoms with Gasteiger partial charge >= 0.3 is 0 Å². The van der Waals surface area contributed by atoms with E-state index in [1.807, 2.05) is 6.92 Å². The summed E-state index contributed by atoms with van der Waals surface area (Å²) in [5.74, 6) is -0.215. The second-order valence-electron chi connectivity index (χ2n) is 4.08. The van der Waals surface area contributed by atoms with E-state index in [0.717, 1.165) is 5.56 Å². The van der Waals surface area contributed by atoms with Gasteiger partial charge in [-0.1, -0.05) is 23.7 Å². The highest BCUT2D eigenvalue weighted by atomic mass is 79.9. The number of benzene rings is 2. The Kier molecular flexibility index (Phi) is 4.12. The van der Waals surface area contributed by atoms with Gasteiger partial charge in [0.05, 0.1) is 15.2 Å². The summed E-state index contributed by atoms with van der Waals surface area (Å²) in [5, 5.41) is 3.35. The molecule has 0 spiro atoms. The van der Waals surface area contributed by atoms with Crippen molar-refractivity contribution in [2.24, 2.45) is 0 Å². The van der Waals surface area contributed by atoms with Gasteiger partial charge < -0.3 is 11.1 Å². The number of hydrogen-bond donors (Lipinski definition) is 2. The van der Waals surface area contributed by atoms with Crippen LogP contribution in [-0.2, 0) is 0 Å². The summed E-state index contributed by atoms with van der Waals surface area (Å²) >= 11 is 9.32. The fraction of sp³-hybridized carbons (Fsp3) is 0.0714. The van der Waals surface area contributed by atoms with Gasteiger partial charge in [0.25, 0.3) is 5.91 Å². The molecule has 0 radical (unpaired) electrons. The van der Waals surface area contributed by atoms with Gasteiger partial charge in [-0.05, 0) is 52.7 Å². The average Bonchev–Trinajstić information content (AvgIpc) is 2.38. The summed E-state index contributed by atoms with van der Waals surface area (Å²) in [7, 11) is 0. The standard InChI is InChI=1S/C14H12BrClN2O/c1-8-9(4-2-6-11(8)17)14(19)18-12-7-3-5-10(16)13(12)15/h2-7H,17H2,1H3,(H,18,19). The van der Waals surface area contributed by atoms with Gasteiger partial charge in [0, 0.05) is 11.3 Å². The maximum absolute atomic E-state index is 12.2. The van der Waals surface area contributed by atoms with Gasteiger partial charge in [-0.2, -0.15) is 0 Å². The number of nitrogen functional groups attached to an aromatic ring is 1. The van der Waals surface area contributed by atoms with E-state index in [1.54, 1.807) is 36.4 Å². The molecular formula is C14H12BrClN2O. The molecule has 0 aromatic heterocycles. The SMILES string of the molecule is Cc1c(N)cccc1C(=O)Nc1cccc(Cl)c1Br. The largest absolute Gasteiger partial charge is 0.398 e. The monoisotopic (exact) mass is 338 g/mol. The Balaban J connectivity index is 2.31. The van der Waals surface area contributed by atoms with Crippen molar-refractivity contribution in [2.75, 3.05) is 11.1 Å². The van der Waals surface area contributed by atoms with Crippen molar-refractivity contribution in [1.82, 2.24) is 0 Å². The number of hydrogen-bond acceptors (Lipinski definition) is 2. The molecule has 0 saturated carbocycles. The number of anilines is 2. The Morgan fingerprint density at radius 1 is 1.26 bits per heavy atom. The third kappa shape index (κ3) is 2.91. The minimum absolute atomic E-state index is 0.215. The van der Waals surface area contributed by atoms with Crippen molar-refractivity contribution < 1.29 is 4.79 Å². The zero-order chi connectivity index (χ0) is 14.0. The lowest BCUT2D eigenvalue weighted by Crippen LogP contribution is -2.14. The lowest BCUT2D eigenvalue weighted by atomic mass is 10.1. The highest BCUT2D eigenvalue weighted by Gasteiger charge is 2.12. The predicted molar refractivity (Wildman–Crippen MR) is 82.7 cm³/mol. The Morgan fingerprint density at radius 3 is 2.68 bits per heavy atom. The fourth-order valence-electron chi connectivity index (χ4n) is 1.69. The minimum Gasteiger partial charge on any atom is -0.398 e. The highest BCUT2D eigenvalue weighted by Crippen LogP contribution is 2.30. The second-order valence-corrected chi connectivity index (χ2v) is 5.28. The topological polar surface area (TPSA) is 55.1 Å². The molecular weight excluding hydrogens is 328 g/mol. The van der Waals surface area contributed by atoms with E-state index in [2.05, 4.69) is 21.2 Å². The zero-order valence-corrected chi connectivity index (χ0v) is 12.5. The van der Waals surface area contributed by atoms with Gasteiger partial charge in [-0.25, -0.2) is 0 Å². The highest BCUT2D eigenvalue weighted by molar-refractivity contribution is 9.10. The normalized spacial score (nSPS) is 10.3. The molecule has 2 aromatic carbocycles. The number of carbonyl (C=O) groups is 1. The maximum Gasteiger partial charge on any atom is 0.256 e. The number of rotatable bonds is 2. The molecule has 3 N–H and O–H groups in total. The van der Waals surface area contributed by atoms with Crippen LogP contribution in [-0.4, -0.2) is 5.91 Å². The van der Waals surface area contributed by atoms with Crippen LogP contribution in [0.4, 0.5) is 11.4 Å². The first-order chi connectivity index (χ1) is 9.00. The van der Waals surface area contributed by atoms with Crippen molar-refractivity contribution >= 4 is 44.8 Å². The van der Waals surface area contributed by atoms with E-state index in [1.165, 1.54) is 0 Å². The lowest BCUT2D eigenvalue weighted by Gasteiger charge is -2.11. The van der Waals surface area contributed by atoms with Crippen LogP contribution >= 0.6 is 27.5 Å². The molecule has 2 rings (SSSR count). The van der Waals surface area contributed by atoms with Crippen molar-refractivity contribution in [3.63, 3.8) is 0 Å². The molecule has 3 nitrogen and oxygen atoms in total. The van der Waals surface area contributed by atoms with Crippen molar-refractivity contribution in [1.29, 1.82) is 0 Å². The molecule has 19 heavy (non-hydrogen) atoms. The number of nitrogens with one attached hydrogen (secondary N) is 1. The summed E-state index contributed by atoms with van der Waals surface area (Å²) in [4.78, 5) is 12.2. The zero-order valence-electron chi connectivity index (χ0n) is 10.2. The van der Waals surface area contributed by atoms with Crippen LogP contribution in [0.2, 0.25) is 5.02 Å². The van der Waals surface area contributed by atoms with E-state index in [0.29, 0.717) is 26.4 Å². The van der Waals surface area contributed by atoms with Crippen LogP contribution in [0.25, 0.3) is 0 Å². The van der Waals surface area contributed by atoms with E-state index in [9.17, 15) is 4.79 Å². The lowest BCUT2D eigenvalue weighted by molar-refractivity contribution is 0.102. The Hall–Kier alpha value is -1.52. The smallest absolute Gasteiger partial charge is 0.256 e. The molecule has 0 aliphatic rings. The first-order valence-corrected chi connectivity index (χ1v) is 6.78. The summed E-state index contributed by atoms with van der Waals surface area (Å²) in [5.41, 5.74) is 8.33. The Morgan fingerprint density at radius 2 is 1.95 bits per heavy atom. The van der Waals surface area contributed by atoms with Crippen LogP contribution in [0, 0.1) is 6.92 Å². The fourth-order valence-corrected chi connectivity index (χ4v) is 2.23. The summed E-state index contributed by atoms with van der Waals surface area (Å²) in [6.07, 6.45) is 0. The van der Waals surface area contributed by atoms with Crippen LogP contribution in [0.15, 0.2) is 40.9 Å². The molecule has 5 heteroatoms. The first kappa shape index (κ1) is 13.9. The number of carbonyl (C=O) groups excluding carboxylic acids is 1. The van der Waals surface area contributed by atoms with E-state index >= 15 is 0 Å². The molecule has 0 bridgehead atoms. The first-order valence-electron chi connectivity index (χ1n) is 5.61. The predicted octanol–water partition coefficient (Wildman–Crippen LogP) is 4.25. The molecule has 2 aromatic rings. The second kappa shape index (κ2) is 5.63. The van der Waals surface area contributed by atoms with Gasteiger partial charge in [-0.3, -0.25) is 4.79 Å². The van der Waals surface area contributed by atoms with Crippen molar-refractivity contribution in [3.05, 3.63) is 57.0 Å². The van der Waals surface area contributed by atoms with Gasteiger partial charge in [-0.15, -0.1) is 0 Å². The van der Waals surface area contributed by atoms with Crippen molar-refractivity contribution in [2.45, 2.75) is 6.92 Å². The minimum atomic E-state index is -0.215. The van der Waals surface area contributed by atoms with Gasteiger partial charge in [0.1, 0.15) is 0 Å². The Bertz CT molecular complexity index is 643. The number of amides is 1. The maximum atomic E-state index is 12.2. The molecule has 0 fully saturated rings. The van der Waals surface area contributed by atoms with E-state index in [4.69, 9.17) is 17.3 Å². The quantitative estimate of drug-likeness (QED) is 0.804. The van der Waals surface area contributed by atoms with E-state index < -0.39 is 0 Å². The van der Waals surface area contributed by atoms with Crippen LogP contribution in [0.5, 0.6) is 0 Å². The summed E-state index contributed by atoms with van der Waals surface area (Å²) in [6.45, 7) is 1.82. The molecule has 0 aliphatic heterocycles. The summed E-state index contributed by atoms with van der Waals surface area (Å²) in [6, 6.07) is 10.5.